The summed E-state index contributed by atoms with van der Waals surface area (Å²) in [5, 5.41) is 5.45. The van der Waals surface area contributed by atoms with E-state index in [0.29, 0.717) is 0 Å². The molecule has 0 aliphatic rings. The van der Waals surface area contributed by atoms with Crippen molar-refractivity contribution in [1.29, 1.82) is 0 Å². The second-order valence-electron chi connectivity index (χ2n) is 5.28. The fourth-order valence-electron chi connectivity index (χ4n) is 2.65. The Balaban J connectivity index is 0.000000200. The second kappa shape index (κ2) is 12.5. The van der Waals surface area contributed by atoms with E-state index < -0.39 is 20.8 Å². The topological polar surface area (TPSA) is 0 Å². The molecule has 0 fully saturated rings. The van der Waals surface area contributed by atoms with Gasteiger partial charge in [-0.15, -0.1) is 57.9 Å². The number of benzene rings is 2. The van der Waals surface area contributed by atoms with Crippen LogP contribution in [0.2, 0.25) is 0 Å². The predicted octanol–water partition coefficient (Wildman–Crippen LogP) is 7.95. The summed E-state index contributed by atoms with van der Waals surface area (Å²) >= 11 is -0.826. The van der Waals surface area contributed by atoms with E-state index in [-0.39, 0.29) is 0 Å². The van der Waals surface area contributed by atoms with Crippen molar-refractivity contribution >= 4 is 38.6 Å². The van der Waals surface area contributed by atoms with Gasteiger partial charge in [0.25, 0.3) is 0 Å². The fraction of sp³-hybridized carbons (Fsp3) is 0.136. The summed E-state index contributed by atoms with van der Waals surface area (Å²) in [4.78, 5) is 0. The first-order valence-corrected chi connectivity index (χ1v) is 14.4. The Morgan fingerprint density at radius 1 is 0.720 bits per heavy atom. The Morgan fingerprint density at radius 3 is 1.40 bits per heavy atom. The second-order valence-corrected chi connectivity index (χ2v) is 9.01. The Hall–Kier alpha value is -0.877. The summed E-state index contributed by atoms with van der Waals surface area (Å²) in [6.45, 7) is 9.28. The monoisotopic (exact) mass is 447 g/mol. The van der Waals surface area contributed by atoms with Gasteiger partial charge in [-0.25, -0.2) is 0 Å². The van der Waals surface area contributed by atoms with Gasteiger partial charge in [0.15, 0.2) is 0 Å². The normalized spacial score (nSPS) is 9.20. The van der Waals surface area contributed by atoms with Crippen molar-refractivity contribution in [3.63, 3.8) is 0 Å². The molecular formula is C22H23Cl2Zr-3. The van der Waals surface area contributed by atoms with Crippen molar-refractivity contribution in [2.75, 3.05) is 0 Å². The molecule has 0 atom stereocenters. The molecule has 4 rings (SSSR count). The third kappa shape index (κ3) is 6.74. The van der Waals surface area contributed by atoms with Gasteiger partial charge in [0.05, 0.1) is 0 Å². The van der Waals surface area contributed by atoms with E-state index in [2.05, 4.69) is 93.6 Å². The van der Waals surface area contributed by atoms with Gasteiger partial charge in [0.2, 0.25) is 0 Å². The van der Waals surface area contributed by atoms with Crippen molar-refractivity contribution in [1.82, 2.24) is 0 Å². The van der Waals surface area contributed by atoms with Crippen LogP contribution >= 0.6 is 17.0 Å². The summed E-state index contributed by atoms with van der Waals surface area (Å²) in [6.07, 6.45) is 0. The van der Waals surface area contributed by atoms with E-state index in [4.69, 9.17) is 17.0 Å². The molecule has 4 aromatic carbocycles. The minimum atomic E-state index is -0.826. The first-order valence-electron chi connectivity index (χ1n) is 8.06. The summed E-state index contributed by atoms with van der Waals surface area (Å²) in [6, 6.07) is 25.5. The van der Waals surface area contributed by atoms with E-state index >= 15 is 0 Å². The van der Waals surface area contributed by atoms with Crippen LogP contribution in [0.25, 0.3) is 21.5 Å². The molecule has 0 N–H and O–H groups in total. The Kier molecular flexibility index (Phi) is 11.1. The van der Waals surface area contributed by atoms with E-state index in [1.54, 1.807) is 6.92 Å². The average molecular weight is 450 g/mol. The van der Waals surface area contributed by atoms with Gasteiger partial charge in [-0.2, -0.15) is 31.2 Å². The van der Waals surface area contributed by atoms with Gasteiger partial charge in [-0.3, -0.25) is 0 Å². The number of halogens is 2. The van der Waals surface area contributed by atoms with Crippen molar-refractivity contribution in [2.24, 2.45) is 0 Å². The van der Waals surface area contributed by atoms with Gasteiger partial charge in [0, 0.05) is 0 Å². The summed E-state index contributed by atoms with van der Waals surface area (Å²) in [5.74, 6) is 0. The Morgan fingerprint density at radius 2 is 1.08 bits per heavy atom. The molecule has 0 heterocycles. The van der Waals surface area contributed by atoms with Crippen LogP contribution in [0.3, 0.4) is 0 Å². The molecule has 132 valence electrons. The van der Waals surface area contributed by atoms with E-state index in [0.717, 1.165) is 0 Å². The molecule has 25 heavy (non-hydrogen) atoms. The van der Waals surface area contributed by atoms with Crippen LogP contribution in [0.5, 0.6) is 0 Å². The quantitative estimate of drug-likeness (QED) is 0.239. The van der Waals surface area contributed by atoms with Crippen LogP contribution in [0.4, 0.5) is 0 Å². The summed E-state index contributed by atoms with van der Waals surface area (Å²) in [5.41, 5.74) is 2.73. The van der Waals surface area contributed by atoms with Crippen molar-refractivity contribution in [3.8, 4) is 0 Å². The standard InChI is InChI=1S/2C10H9.C2H5.2ClH.Zr/c2*1-8-4-2-5-9-6-3-7-10(8)9;1-2;;;/h2*2-7H,1H3;1H2,2H3;2*1H;/q3*-1;;;+2/p-2. The molecular weight excluding hydrogens is 426 g/mol. The zero-order chi connectivity index (χ0) is 18.7. The number of aryl methyl sites for hydroxylation is 2. The number of rotatable bonds is 0. The molecule has 0 bridgehead atoms. The molecule has 3 heteroatoms. The first kappa shape index (κ1) is 22.2. The third-order valence-electron chi connectivity index (χ3n) is 3.79. The van der Waals surface area contributed by atoms with Crippen LogP contribution < -0.4 is 0 Å². The van der Waals surface area contributed by atoms with Crippen LogP contribution in [-0.4, -0.2) is 0 Å². The maximum absolute atomic E-state index is 4.93. The van der Waals surface area contributed by atoms with Gasteiger partial charge in [-0.05, 0) is 13.8 Å². The molecule has 0 unspecified atom stereocenters. The van der Waals surface area contributed by atoms with Crippen LogP contribution in [0.15, 0.2) is 72.8 Å². The summed E-state index contributed by atoms with van der Waals surface area (Å²) in [7, 11) is 9.87. The molecule has 0 aliphatic carbocycles. The molecule has 0 aliphatic heterocycles. The molecule has 0 aromatic heterocycles. The van der Waals surface area contributed by atoms with Gasteiger partial charge in [-0.1, -0.05) is 23.3 Å². The van der Waals surface area contributed by atoms with Gasteiger partial charge in [0.1, 0.15) is 0 Å². The molecule has 0 saturated heterocycles. The van der Waals surface area contributed by atoms with Crippen LogP contribution in [0.1, 0.15) is 18.1 Å². The first-order chi connectivity index (χ1) is 12.2. The minimum absolute atomic E-state index is 0.826. The van der Waals surface area contributed by atoms with E-state index in [1.165, 1.54) is 32.7 Å². The molecule has 0 spiro atoms. The zero-order valence-electron chi connectivity index (χ0n) is 14.9. The van der Waals surface area contributed by atoms with Crippen molar-refractivity contribution < 1.29 is 20.8 Å². The third-order valence-corrected chi connectivity index (χ3v) is 3.79. The Labute approximate surface area is 170 Å². The Bertz CT molecular complexity index is 786. The molecule has 0 nitrogen and oxygen atoms in total. The average Bonchev–Trinajstić information content (AvgIpc) is 3.28. The van der Waals surface area contributed by atoms with E-state index in [1.807, 2.05) is 0 Å². The predicted molar refractivity (Wildman–Crippen MR) is 111 cm³/mol. The molecule has 0 saturated carbocycles. The molecule has 0 amide bonds. The maximum atomic E-state index is 4.93. The number of hydrogen-bond acceptors (Lipinski definition) is 0. The number of fused-ring (bicyclic) bond motifs is 2. The molecule has 4 aromatic rings. The SMILES string of the molecule is Cc1cccc2[cH-]ccc12.Cc1cccc2[cH-]ccc12.[CH2-]C.[Cl][Zr][Cl]. The molecule has 0 radical (unpaired) electrons. The zero-order valence-corrected chi connectivity index (χ0v) is 18.9. The van der Waals surface area contributed by atoms with Gasteiger partial charge >= 0.3 is 37.9 Å². The van der Waals surface area contributed by atoms with Crippen molar-refractivity contribution in [2.45, 2.75) is 20.8 Å². The number of hydrogen-bond donors (Lipinski definition) is 0. The fourth-order valence-corrected chi connectivity index (χ4v) is 2.65. The van der Waals surface area contributed by atoms with Gasteiger partial charge < -0.3 is 6.92 Å². The van der Waals surface area contributed by atoms with Crippen LogP contribution in [-0.2, 0) is 20.8 Å². The van der Waals surface area contributed by atoms with E-state index in [9.17, 15) is 0 Å². The van der Waals surface area contributed by atoms with Crippen LogP contribution in [0, 0.1) is 20.8 Å². The van der Waals surface area contributed by atoms with Crippen molar-refractivity contribution in [3.05, 3.63) is 90.8 Å². The summed E-state index contributed by atoms with van der Waals surface area (Å²) < 4.78 is 0.